The van der Waals surface area contributed by atoms with Crippen LogP contribution in [0.3, 0.4) is 0 Å². The standard InChI is InChI=1S/C19H22N2O2S/c22-19(20-14-6-2-1-3-7-14)17-10-11-18(24-17)21-12-13-23-16-9-5-4-8-15(16)21/h4-5,8-11,14H,1-3,6-7,12-13H2,(H,20,22). The molecule has 1 fully saturated rings. The molecule has 2 aliphatic rings. The van der Waals surface area contributed by atoms with Crippen LogP contribution in [0.25, 0.3) is 0 Å². The number of thiophene rings is 1. The number of anilines is 2. The summed E-state index contributed by atoms with van der Waals surface area (Å²) in [6.45, 7) is 1.47. The molecule has 0 unspecified atom stereocenters. The van der Waals surface area contributed by atoms with Gasteiger partial charge in [-0.1, -0.05) is 31.4 Å². The van der Waals surface area contributed by atoms with Crippen molar-refractivity contribution < 1.29 is 9.53 Å². The Labute approximate surface area is 146 Å². The molecule has 1 amide bonds. The van der Waals surface area contributed by atoms with E-state index >= 15 is 0 Å². The predicted octanol–water partition coefficient (Wildman–Crippen LogP) is 4.34. The van der Waals surface area contributed by atoms with Crippen molar-refractivity contribution >= 4 is 27.9 Å². The quantitative estimate of drug-likeness (QED) is 0.902. The molecule has 0 spiro atoms. The van der Waals surface area contributed by atoms with Gasteiger partial charge < -0.3 is 15.0 Å². The van der Waals surface area contributed by atoms with Gasteiger partial charge in [0, 0.05) is 6.04 Å². The summed E-state index contributed by atoms with van der Waals surface area (Å²) in [4.78, 5) is 15.5. The molecule has 2 heterocycles. The van der Waals surface area contributed by atoms with Crippen LogP contribution in [0.4, 0.5) is 10.7 Å². The summed E-state index contributed by atoms with van der Waals surface area (Å²) in [7, 11) is 0. The van der Waals surface area contributed by atoms with Gasteiger partial charge in [0.2, 0.25) is 0 Å². The molecule has 1 aromatic heterocycles. The van der Waals surface area contributed by atoms with E-state index in [1.807, 2.05) is 30.3 Å². The zero-order valence-corrected chi connectivity index (χ0v) is 14.5. The van der Waals surface area contributed by atoms with E-state index < -0.39 is 0 Å². The lowest BCUT2D eigenvalue weighted by atomic mass is 9.95. The minimum absolute atomic E-state index is 0.0692. The van der Waals surface area contributed by atoms with Crippen LogP contribution in [0.2, 0.25) is 0 Å². The molecule has 4 rings (SSSR count). The Morgan fingerprint density at radius 3 is 2.83 bits per heavy atom. The van der Waals surface area contributed by atoms with Crippen molar-refractivity contribution in [3.63, 3.8) is 0 Å². The lowest BCUT2D eigenvalue weighted by molar-refractivity contribution is 0.0932. The van der Waals surface area contributed by atoms with Gasteiger partial charge in [-0.15, -0.1) is 11.3 Å². The van der Waals surface area contributed by atoms with E-state index in [1.165, 1.54) is 19.3 Å². The first-order valence-corrected chi connectivity index (χ1v) is 9.53. The van der Waals surface area contributed by atoms with Gasteiger partial charge in [-0.3, -0.25) is 4.79 Å². The molecule has 1 aliphatic heterocycles. The Bertz CT molecular complexity index is 722. The fourth-order valence-corrected chi connectivity index (χ4v) is 4.45. The number of ether oxygens (including phenoxy) is 1. The smallest absolute Gasteiger partial charge is 0.261 e. The summed E-state index contributed by atoms with van der Waals surface area (Å²) in [5.74, 6) is 0.977. The zero-order valence-electron chi connectivity index (χ0n) is 13.7. The fraction of sp³-hybridized carbons (Fsp3) is 0.421. The summed E-state index contributed by atoms with van der Waals surface area (Å²) in [6.07, 6.45) is 5.98. The van der Waals surface area contributed by atoms with Gasteiger partial charge in [-0.25, -0.2) is 0 Å². The molecule has 0 atom stereocenters. The highest BCUT2D eigenvalue weighted by atomic mass is 32.1. The highest BCUT2D eigenvalue weighted by Gasteiger charge is 2.22. The highest BCUT2D eigenvalue weighted by Crippen LogP contribution is 2.39. The van der Waals surface area contributed by atoms with Crippen LogP contribution >= 0.6 is 11.3 Å². The highest BCUT2D eigenvalue weighted by molar-refractivity contribution is 7.18. The Morgan fingerprint density at radius 1 is 1.12 bits per heavy atom. The lowest BCUT2D eigenvalue weighted by Crippen LogP contribution is -2.35. The molecule has 1 N–H and O–H groups in total. The van der Waals surface area contributed by atoms with E-state index in [4.69, 9.17) is 4.74 Å². The number of carbonyl (C=O) groups is 1. The van der Waals surface area contributed by atoms with Crippen LogP contribution in [-0.4, -0.2) is 25.1 Å². The van der Waals surface area contributed by atoms with Gasteiger partial charge in [0.15, 0.2) is 0 Å². The number of fused-ring (bicyclic) bond motifs is 1. The Kier molecular flexibility index (Phi) is 4.43. The first kappa shape index (κ1) is 15.5. The molecule has 0 saturated heterocycles. The van der Waals surface area contributed by atoms with Gasteiger partial charge in [0.1, 0.15) is 12.4 Å². The Hall–Kier alpha value is -2.01. The average molecular weight is 342 g/mol. The Balaban J connectivity index is 1.50. The molecule has 0 radical (unpaired) electrons. The summed E-state index contributed by atoms with van der Waals surface area (Å²) in [6, 6.07) is 12.4. The fourth-order valence-electron chi connectivity index (χ4n) is 3.50. The number of hydrogen-bond acceptors (Lipinski definition) is 4. The van der Waals surface area contributed by atoms with Crippen LogP contribution in [-0.2, 0) is 0 Å². The lowest BCUT2D eigenvalue weighted by Gasteiger charge is -2.29. The molecular formula is C19H22N2O2S. The molecule has 5 heteroatoms. The number of carbonyl (C=O) groups excluding carboxylic acids is 1. The van der Waals surface area contributed by atoms with Crippen molar-refractivity contribution in [3.05, 3.63) is 41.3 Å². The second-order valence-corrected chi connectivity index (χ2v) is 7.48. The maximum Gasteiger partial charge on any atom is 0.261 e. The molecule has 2 aromatic rings. The van der Waals surface area contributed by atoms with Crippen molar-refractivity contribution in [1.29, 1.82) is 0 Å². The first-order chi connectivity index (χ1) is 11.8. The number of nitrogens with zero attached hydrogens (tertiary/aromatic N) is 1. The molecular weight excluding hydrogens is 320 g/mol. The monoisotopic (exact) mass is 342 g/mol. The number of para-hydroxylation sites is 2. The number of rotatable bonds is 3. The number of amides is 1. The maximum atomic E-state index is 12.5. The predicted molar refractivity (Wildman–Crippen MR) is 97.6 cm³/mol. The minimum Gasteiger partial charge on any atom is -0.490 e. The third-order valence-corrected chi connectivity index (χ3v) is 5.86. The Morgan fingerprint density at radius 2 is 1.96 bits per heavy atom. The van der Waals surface area contributed by atoms with Gasteiger partial charge in [-0.05, 0) is 37.1 Å². The molecule has 1 aromatic carbocycles. The van der Waals surface area contributed by atoms with E-state index in [0.717, 1.165) is 40.7 Å². The van der Waals surface area contributed by atoms with E-state index in [-0.39, 0.29) is 5.91 Å². The first-order valence-electron chi connectivity index (χ1n) is 8.71. The normalized spacial score (nSPS) is 17.9. The topological polar surface area (TPSA) is 41.6 Å². The van der Waals surface area contributed by atoms with Crippen LogP contribution in [0, 0.1) is 0 Å². The van der Waals surface area contributed by atoms with Crippen molar-refractivity contribution in [1.82, 2.24) is 5.32 Å². The molecule has 126 valence electrons. The minimum atomic E-state index is 0.0692. The molecule has 0 bridgehead atoms. The van der Waals surface area contributed by atoms with Crippen molar-refractivity contribution in [2.24, 2.45) is 0 Å². The van der Waals surface area contributed by atoms with Crippen molar-refractivity contribution in [2.75, 3.05) is 18.1 Å². The number of nitrogens with one attached hydrogen (secondary N) is 1. The second kappa shape index (κ2) is 6.85. The van der Waals surface area contributed by atoms with E-state index in [2.05, 4.69) is 16.3 Å². The van der Waals surface area contributed by atoms with Gasteiger partial charge in [0.25, 0.3) is 5.91 Å². The van der Waals surface area contributed by atoms with Crippen molar-refractivity contribution in [2.45, 2.75) is 38.1 Å². The van der Waals surface area contributed by atoms with Crippen LogP contribution < -0.4 is 15.0 Å². The molecule has 1 aliphatic carbocycles. The number of benzene rings is 1. The van der Waals surface area contributed by atoms with Crippen LogP contribution in [0.15, 0.2) is 36.4 Å². The summed E-state index contributed by atoms with van der Waals surface area (Å²) in [5.41, 5.74) is 1.07. The summed E-state index contributed by atoms with van der Waals surface area (Å²) < 4.78 is 5.71. The summed E-state index contributed by atoms with van der Waals surface area (Å²) in [5, 5.41) is 4.30. The van der Waals surface area contributed by atoms with Gasteiger partial charge in [-0.2, -0.15) is 0 Å². The largest absolute Gasteiger partial charge is 0.490 e. The zero-order chi connectivity index (χ0) is 16.4. The SMILES string of the molecule is O=C(NC1CCCCC1)c1ccc(N2CCOc3ccccc32)s1. The average Bonchev–Trinajstić information content (AvgIpc) is 3.12. The van der Waals surface area contributed by atoms with Gasteiger partial charge >= 0.3 is 0 Å². The molecule has 1 saturated carbocycles. The van der Waals surface area contributed by atoms with Crippen molar-refractivity contribution in [3.8, 4) is 5.75 Å². The van der Waals surface area contributed by atoms with E-state index in [1.54, 1.807) is 11.3 Å². The third kappa shape index (κ3) is 3.13. The third-order valence-electron chi connectivity index (χ3n) is 4.75. The summed E-state index contributed by atoms with van der Waals surface area (Å²) >= 11 is 1.56. The molecule has 24 heavy (non-hydrogen) atoms. The maximum absolute atomic E-state index is 12.5. The number of hydrogen-bond donors (Lipinski definition) is 1. The van der Waals surface area contributed by atoms with Crippen LogP contribution in [0.1, 0.15) is 41.8 Å². The molecule has 4 nitrogen and oxygen atoms in total. The van der Waals surface area contributed by atoms with E-state index in [0.29, 0.717) is 12.6 Å². The van der Waals surface area contributed by atoms with Crippen LogP contribution in [0.5, 0.6) is 5.75 Å². The van der Waals surface area contributed by atoms with E-state index in [9.17, 15) is 4.79 Å². The second-order valence-electron chi connectivity index (χ2n) is 6.41. The van der Waals surface area contributed by atoms with Gasteiger partial charge in [0.05, 0.1) is 22.1 Å².